The summed E-state index contributed by atoms with van der Waals surface area (Å²) in [6.45, 7) is 2.75. The molecule has 0 spiro atoms. The van der Waals surface area contributed by atoms with E-state index in [1.165, 1.54) is 0 Å². The maximum absolute atomic E-state index is 11.8. The van der Waals surface area contributed by atoms with Crippen LogP contribution in [0.1, 0.15) is 35.7 Å². The smallest absolute Gasteiger partial charge is 0.251 e. The van der Waals surface area contributed by atoms with Gasteiger partial charge in [-0.2, -0.15) is 5.26 Å². The van der Waals surface area contributed by atoms with Crippen LogP contribution in [-0.4, -0.2) is 24.2 Å². The Kier molecular flexibility index (Phi) is 5.89. The first kappa shape index (κ1) is 14.2. The number of aliphatic hydroxyl groups excluding tert-OH is 1. The molecule has 0 aliphatic heterocycles. The van der Waals surface area contributed by atoms with Crippen molar-refractivity contribution in [1.29, 1.82) is 5.26 Å². The molecule has 1 amide bonds. The molecule has 0 heterocycles. The van der Waals surface area contributed by atoms with Crippen LogP contribution in [0.15, 0.2) is 24.3 Å². The van der Waals surface area contributed by atoms with Gasteiger partial charge in [-0.05, 0) is 36.6 Å². The van der Waals surface area contributed by atoms with Crippen LogP contribution in [-0.2, 0) is 0 Å². The number of aliphatic hydroxyl groups is 1. The molecule has 1 rings (SSSR count). The predicted molar refractivity (Wildman–Crippen MR) is 69.0 cm³/mol. The van der Waals surface area contributed by atoms with Gasteiger partial charge >= 0.3 is 0 Å². The molecule has 4 nitrogen and oxygen atoms in total. The number of benzene rings is 1. The van der Waals surface area contributed by atoms with Crippen molar-refractivity contribution in [3.8, 4) is 6.07 Å². The van der Waals surface area contributed by atoms with Crippen LogP contribution in [0.5, 0.6) is 0 Å². The first-order valence-electron chi connectivity index (χ1n) is 6.10. The molecular formula is C14H18N2O2. The van der Waals surface area contributed by atoms with Crippen LogP contribution in [0.3, 0.4) is 0 Å². The van der Waals surface area contributed by atoms with Gasteiger partial charge in [0.1, 0.15) is 0 Å². The molecule has 1 aromatic rings. The molecule has 0 aliphatic rings. The summed E-state index contributed by atoms with van der Waals surface area (Å²) >= 11 is 0. The van der Waals surface area contributed by atoms with Gasteiger partial charge < -0.3 is 10.4 Å². The highest BCUT2D eigenvalue weighted by Gasteiger charge is 2.09. The van der Waals surface area contributed by atoms with E-state index in [1.54, 1.807) is 24.3 Å². The Hall–Kier alpha value is -1.86. The lowest BCUT2D eigenvalue weighted by Crippen LogP contribution is -2.29. The number of carbonyl (C=O) groups excluding carboxylic acids is 1. The van der Waals surface area contributed by atoms with Crippen molar-refractivity contribution in [3.05, 3.63) is 35.4 Å². The van der Waals surface area contributed by atoms with Crippen LogP contribution < -0.4 is 5.32 Å². The molecule has 0 aliphatic carbocycles. The molecule has 0 radical (unpaired) electrons. The van der Waals surface area contributed by atoms with E-state index >= 15 is 0 Å². The van der Waals surface area contributed by atoms with Crippen molar-refractivity contribution in [2.45, 2.75) is 19.8 Å². The molecule has 0 aromatic heterocycles. The molecule has 0 saturated heterocycles. The predicted octanol–water partition coefficient (Wildman–Crippen LogP) is 1.70. The van der Waals surface area contributed by atoms with E-state index < -0.39 is 0 Å². The number of nitriles is 1. The maximum Gasteiger partial charge on any atom is 0.251 e. The molecule has 4 heteroatoms. The van der Waals surface area contributed by atoms with E-state index in [1.807, 2.05) is 13.0 Å². The Morgan fingerprint density at radius 1 is 1.44 bits per heavy atom. The average molecular weight is 246 g/mol. The van der Waals surface area contributed by atoms with Gasteiger partial charge in [0.25, 0.3) is 5.91 Å². The number of hydrogen-bond acceptors (Lipinski definition) is 3. The van der Waals surface area contributed by atoms with Crippen molar-refractivity contribution in [2.75, 3.05) is 13.2 Å². The number of nitrogens with zero attached hydrogens (tertiary/aromatic N) is 1. The minimum atomic E-state index is -0.143. The molecule has 1 unspecified atom stereocenters. The summed E-state index contributed by atoms with van der Waals surface area (Å²) in [6, 6.07) is 8.54. The molecule has 1 atom stereocenters. The quantitative estimate of drug-likeness (QED) is 0.802. The van der Waals surface area contributed by atoms with Gasteiger partial charge in [-0.3, -0.25) is 4.79 Å². The minimum Gasteiger partial charge on any atom is -0.396 e. The van der Waals surface area contributed by atoms with Gasteiger partial charge in [0.15, 0.2) is 0 Å². The summed E-state index contributed by atoms with van der Waals surface area (Å²) < 4.78 is 0. The molecule has 0 bridgehead atoms. The number of hydrogen-bond donors (Lipinski definition) is 2. The Morgan fingerprint density at radius 3 is 2.61 bits per heavy atom. The first-order chi connectivity index (χ1) is 8.71. The Bertz CT molecular complexity index is 420. The number of nitrogens with one attached hydrogen (secondary N) is 1. The third kappa shape index (κ3) is 4.19. The van der Waals surface area contributed by atoms with Crippen molar-refractivity contribution in [1.82, 2.24) is 5.32 Å². The van der Waals surface area contributed by atoms with E-state index in [4.69, 9.17) is 10.4 Å². The van der Waals surface area contributed by atoms with Gasteiger partial charge in [0, 0.05) is 18.7 Å². The summed E-state index contributed by atoms with van der Waals surface area (Å²) in [5, 5.41) is 20.4. The molecule has 18 heavy (non-hydrogen) atoms. The van der Waals surface area contributed by atoms with Crippen molar-refractivity contribution in [2.24, 2.45) is 5.92 Å². The SMILES string of the molecule is CCC(CCO)CNC(=O)c1ccc(C#N)cc1. The van der Waals surface area contributed by atoms with Gasteiger partial charge in [0.05, 0.1) is 11.6 Å². The van der Waals surface area contributed by atoms with E-state index in [0.717, 1.165) is 6.42 Å². The van der Waals surface area contributed by atoms with E-state index in [0.29, 0.717) is 30.0 Å². The Labute approximate surface area is 107 Å². The van der Waals surface area contributed by atoms with Gasteiger partial charge in [-0.1, -0.05) is 13.3 Å². The summed E-state index contributed by atoms with van der Waals surface area (Å²) in [6.07, 6.45) is 1.62. The lowest BCUT2D eigenvalue weighted by Gasteiger charge is -2.14. The van der Waals surface area contributed by atoms with Crippen LogP contribution in [0.25, 0.3) is 0 Å². The van der Waals surface area contributed by atoms with Crippen molar-refractivity contribution in [3.63, 3.8) is 0 Å². The molecule has 1 aromatic carbocycles. The molecule has 0 fully saturated rings. The fourth-order valence-corrected chi connectivity index (χ4v) is 1.67. The molecule has 96 valence electrons. The fraction of sp³-hybridized carbons (Fsp3) is 0.429. The molecular weight excluding hydrogens is 228 g/mol. The molecule has 2 N–H and O–H groups in total. The largest absolute Gasteiger partial charge is 0.396 e. The van der Waals surface area contributed by atoms with Gasteiger partial charge in [-0.25, -0.2) is 0 Å². The zero-order valence-electron chi connectivity index (χ0n) is 10.5. The van der Waals surface area contributed by atoms with Crippen LogP contribution in [0, 0.1) is 17.2 Å². The van der Waals surface area contributed by atoms with Crippen molar-refractivity contribution >= 4 is 5.91 Å². The van der Waals surface area contributed by atoms with E-state index in [9.17, 15) is 4.79 Å². The fourth-order valence-electron chi connectivity index (χ4n) is 1.67. The van der Waals surface area contributed by atoms with Crippen LogP contribution in [0.2, 0.25) is 0 Å². The Morgan fingerprint density at radius 2 is 2.11 bits per heavy atom. The van der Waals surface area contributed by atoms with Crippen LogP contribution >= 0.6 is 0 Å². The second kappa shape index (κ2) is 7.46. The number of rotatable bonds is 6. The number of carbonyl (C=O) groups is 1. The summed E-state index contributed by atoms with van der Waals surface area (Å²) in [5.41, 5.74) is 1.09. The van der Waals surface area contributed by atoms with Crippen molar-refractivity contribution < 1.29 is 9.90 Å². The standard InChI is InChI=1S/C14H18N2O2/c1-2-11(7-8-17)10-16-14(18)13-5-3-12(9-15)4-6-13/h3-6,11,17H,2,7-8,10H2,1H3,(H,16,18). The lowest BCUT2D eigenvalue weighted by atomic mass is 10.0. The second-order valence-electron chi connectivity index (χ2n) is 4.19. The lowest BCUT2D eigenvalue weighted by molar-refractivity contribution is 0.0943. The van der Waals surface area contributed by atoms with E-state index in [2.05, 4.69) is 5.32 Å². The zero-order valence-corrected chi connectivity index (χ0v) is 10.5. The highest BCUT2D eigenvalue weighted by Crippen LogP contribution is 2.07. The summed E-state index contributed by atoms with van der Waals surface area (Å²) in [4.78, 5) is 11.8. The van der Waals surface area contributed by atoms with Gasteiger partial charge in [-0.15, -0.1) is 0 Å². The first-order valence-corrected chi connectivity index (χ1v) is 6.10. The summed E-state index contributed by atoms with van der Waals surface area (Å²) in [7, 11) is 0. The topological polar surface area (TPSA) is 73.1 Å². The monoisotopic (exact) mass is 246 g/mol. The average Bonchev–Trinajstić information content (AvgIpc) is 2.43. The third-order valence-electron chi connectivity index (χ3n) is 2.94. The maximum atomic E-state index is 11.8. The molecule has 0 saturated carbocycles. The third-order valence-corrected chi connectivity index (χ3v) is 2.94. The second-order valence-corrected chi connectivity index (χ2v) is 4.19. The van der Waals surface area contributed by atoms with Gasteiger partial charge in [0.2, 0.25) is 0 Å². The highest BCUT2D eigenvalue weighted by molar-refractivity contribution is 5.94. The van der Waals surface area contributed by atoms with Crippen LogP contribution in [0.4, 0.5) is 0 Å². The zero-order chi connectivity index (χ0) is 13.4. The summed E-state index contributed by atoms with van der Waals surface area (Å²) in [5.74, 6) is 0.160. The Balaban J connectivity index is 2.52. The number of amides is 1. The van der Waals surface area contributed by atoms with E-state index in [-0.39, 0.29) is 12.5 Å². The highest BCUT2D eigenvalue weighted by atomic mass is 16.3. The normalized spacial score (nSPS) is 11.6. The minimum absolute atomic E-state index is 0.143.